The van der Waals surface area contributed by atoms with Gasteiger partial charge in [0.25, 0.3) is 0 Å². The van der Waals surface area contributed by atoms with Crippen LogP contribution in [-0.2, 0) is 5.60 Å². The number of para-hydroxylation sites is 1. The van der Waals surface area contributed by atoms with Gasteiger partial charge in [-0.15, -0.1) is 0 Å². The molecule has 1 aliphatic rings. The molecular weight excluding hydrogens is 370 g/mol. The maximum Gasteiger partial charge on any atom is 0.124 e. The first kappa shape index (κ1) is 20.6. The van der Waals surface area contributed by atoms with E-state index >= 15 is 0 Å². The molecule has 0 aromatic heterocycles. The van der Waals surface area contributed by atoms with E-state index in [1.807, 2.05) is 36.4 Å². The van der Waals surface area contributed by atoms with Gasteiger partial charge in [0.2, 0.25) is 0 Å². The topological polar surface area (TPSA) is 32.7 Å². The minimum atomic E-state index is -1.06. The average molecular weight is 402 g/mol. The lowest BCUT2D eigenvalue weighted by Gasteiger charge is -2.56. The van der Waals surface area contributed by atoms with Gasteiger partial charge in [0.1, 0.15) is 11.4 Å². The number of ether oxygens (including phenoxy) is 1. The first-order chi connectivity index (χ1) is 14.5. The number of piperidine rings is 1. The van der Waals surface area contributed by atoms with Gasteiger partial charge in [-0.05, 0) is 24.2 Å². The molecule has 1 fully saturated rings. The lowest BCUT2D eigenvalue weighted by Crippen LogP contribution is -2.56. The maximum atomic E-state index is 12.5. The second-order valence-electron chi connectivity index (χ2n) is 8.48. The van der Waals surface area contributed by atoms with E-state index in [2.05, 4.69) is 74.3 Å². The number of methoxy groups -OCH3 is 1. The fraction of sp³-hybridized carbons (Fsp3) is 0.333. The SMILES string of the molecule is COc1ccccc1C1(O)[C@H](C)[C@@H](c2ccccc2)N(C)[C@H](c2ccccc2)[C@@H]1C. The number of hydrogen-bond donors (Lipinski definition) is 1. The molecule has 30 heavy (non-hydrogen) atoms. The highest BCUT2D eigenvalue weighted by Crippen LogP contribution is 2.57. The summed E-state index contributed by atoms with van der Waals surface area (Å²) in [5.74, 6) is 0.647. The first-order valence-corrected chi connectivity index (χ1v) is 10.7. The molecule has 0 aliphatic carbocycles. The third-order valence-corrected chi connectivity index (χ3v) is 7.03. The Labute approximate surface area is 179 Å². The molecule has 1 aliphatic heterocycles. The van der Waals surface area contributed by atoms with Crippen LogP contribution in [0.1, 0.15) is 42.6 Å². The van der Waals surface area contributed by atoms with Gasteiger partial charge in [-0.2, -0.15) is 0 Å². The van der Waals surface area contributed by atoms with E-state index in [1.54, 1.807) is 7.11 Å². The van der Waals surface area contributed by atoms with Gasteiger partial charge < -0.3 is 9.84 Å². The van der Waals surface area contributed by atoms with E-state index in [-0.39, 0.29) is 23.9 Å². The van der Waals surface area contributed by atoms with E-state index in [9.17, 15) is 5.11 Å². The van der Waals surface area contributed by atoms with Gasteiger partial charge in [0.05, 0.1) is 7.11 Å². The van der Waals surface area contributed by atoms with Crippen LogP contribution in [0.4, 0.5) is 0 Å². The zero-order valence-corrected chi connectivity index (χ0v) is 18.2. The first-order valence-electron chi connectivity index (χ1n) is 10.7. The van der Waals surface area contributed by atoms with Crippen molar-refractivity contribution < 1.29 is 9.84 Å². The second kappa shape index (κ2) is 8.25. The average Bonchev–Trinajstić information content (AvgIpc) is 2.79. The van der Waals surface area contributed by atoms with Crippen molar-refractivity contribution in [1.82, 2.24) is 4.90 Å². The smallest absolute Gasteiger partial charge is 0.124 e. The summed E-state index contributed by atoms with van der Waals surface area (Å²) in [5, 5.41) is 12.5. The summed E-state index contributed by atoms with van der Waals surface area (Å²) in [4.78, 5) is 2.43. The predicted octanol–water partition coefficient (Wildman–Crippen LogP) is 5.58. The maximum absolute atomic E-state index is 12.5. The summed E-state index contributed by atoms with van der Waals surface area (Å²) in [6, 6.07) is 29.1. The Balaban J connectivity index is 1.93. The quantitative estimate of drug-likeness (QED) is 0.619. The Hall–Kier alpha value is -2.62. The van der Waals surface area contributed by atoms with Crippen molar-refractivity contribution in [3.63, 3.8) is 0 Å². The summed E-state index contributed by atoms with van der Waals surface area (Å²) >= 11 is 0. The third-order valence-electron chi connectivity index (χ3n) is 7.03. The fourth-order valence-electron chi connectivity index (χ4n) is 5.59. The molecule has 3 heteroatoms. The standard InChI is InChI=1S/C27H31NO2/c1-19-25(21-13-7-5-8-14-21)28(3)26(22-15-9-6-10-16-22)20(2)27(19,29)23-17-11-12-18-24(23)30-4/h5-20,25-26,29H,1-4H3/t19-,20+,25-,26-,27?/m0/s1. The summed E-state index contributed by atoms with van der Waals surface area (Å²) in [6.07, 6.45) is 0. The lowest BCUT2D eigenvalue weighted by atomic mass is 9.62. The Morgan fingerprint density at radius 3 is 1.63 bits per heavy atom. The molecule has 0 bridgehead atoms. The van der Waals surface area contributed by atoms with E-state index < -0.39 is 5.60 Å². The van der Waals surface area contributed by atoms with Crippen LogP contribution in [0.2, 0.25) is 0 Å². The molecule has 5 atom stereocenters. The molecule has 156 valence electrons. The van der Waals surface area contributed by atoms with Gasteiger partial charge >= 0.3 is 0 Å². The van der Waals surface area contributed by atoms with E-state index in [4.69, 9.17) is 4.74 Å². The molecule has 1 unspecified atom stereocenters. The molecule has 1 heterocycles. The van der Waals surface area contributed by atoms with Crippen molar-refractivity contribution in [2.45, 2.75) is 31.5 Å². The van der Waals surface area contributed by atoms with Gasteiger partial charge in [-0.3, -0.25) is 4.90 Å². The fourth-order valence-corrected chi connectivity index (χ4v) is 5.59. The zero-order chi connectivity index (χ0) is 21.3. The van der Waals surface area contributed by atoms with Gasteiger partial charge in [0.15, 0.2) is 0 Å². The highest BCUT2D eigenvalue weighted by molar-refractivity contribution is 5.42. The van der Waals surface area contributed by atoms with Crippen LogP contribution < -0.4 is 4.74 Å². The molecule has 1 saturated heterocycles. The molecule has 0 spiro atoms. The number of benzene rings is 3. The molecule has 0 saturated carbocycles. The Bertz CT molecular complexity index is 919. The number of aliphatic hydroxyl groups is 1. The second-order valence-corrected chi connectivity index (χ2v) is 8.48. The molecular formula is C27H31NO2. The molecule has 3 aromatic rings. The van der Waals surface area contributed by atoms with Crippen molar-refractivity contribution in [2.75, 3.05) is 14.2 Å². The number of hydrogen-bond acceptors (Lipinski definition) is 3. The number of nitrogens with zero attached hydrogens (tertiary/aromatic N) is 1. The predicted molar refractivity (Wildman–Crippen MR) is 121 cm³/mol. The van der Waals surface area contributed by atoms with Crippen LogP contribution in [0.3, 0.4) is 0 Å². The minimum Gasteiger partial charge on any atom is -0.496 e. The Morgan fingerprint density at radius 2 is 1.17 bits per heavy atom. The van der Waals surface area contributed by atoms with Crippen molar-refractivity contribution >= 4 is 0 Å². The van der Waals surface area contributed by atoms with Crippen LogP contribution >= 0.6 is 0 Å². The van der Waals surface area contributed by atoms with Gasteiger partial charge in [-0.25, -0.2) is 0 Å². The molecule has 0 amide bonds. The normalized spacial score (nSPS) is 29.5. The summed E-state index contributed by atoms with van der Waals surface area (Å²) < 4.78 is 5.70. The summed E-state index contributed by atoms with van der Waals surface area (Å²) in [5.41, 5.74) is 2.24. The van der Waals surface area contributed by atoms with Crippen LogP contribution in [0.15, 0.2) is 84.9 Å². The van der Waals surface area contributed by atoms with Crippen molar-refractivity contribution in [2.24, 2.45) is 11.8 Å². The van der Waals surface area contributed by atoms with Crippen molar-refractivity contribution in [1.29, 1.82) is 0 Å². The third kappa shape index (κ3) is 3.23. The van der Waals surface area contributed by atoms with Crippen LogP contribution in [0, 0.1) is 11.8 Å². The molecule has 1 N–H and O–H groups in total. The van der Waals surface area contributed by atoms with Crippen molar-refractivity contribution in [3.8, 4) is 5.75 Å². The van der Waals surface area contributed by atoms with Crippen LogP contribution in [0.5, 0.6) is 5.75 Å². The number of likely N-dealkylation sites (tertiary alicyclic amines) is 1. The van der Waals surface area contributed by atoms with E-state index in [0.717, 1.165) is 11.3 Å². The Kier molecular flexibility index (Phi) is 5.68. The Morgan fingerprint density at radius 1 is 0.733 bits per heavy atom. The lowest BCUT2D eigenvalue weighted by molar-refractivity contribution is -0.162. The minimum absolute atomic E-state index is 0.0452. The van der Waals surface area contributed by atoms with Crippen LogP contribution in [0.25, 0.3) is 0 Å². The summed E-state index contributed by atoms with van der Waals surface area (Å²) in [6.45, 7) is 4.33. The molecule has 3 aromatic carbocycles. The van der Waals surface area contributed by atoms with E-state index in [0.29, 0.717) is 0 Å². The van der Waals surface area contributed by atoms with Gasteiger partial charge in [0, 0.05) is 29.5 Å². The van der Waals surface area contributed by atoms with Crippen LogP contribution in [-0.4, -0.2) is 24.2 Å². The molecule has 3 nitrogen and oxygen atoms in total. The number of rotatable bonds is 4. The van der Waals surface area contributed by atoms with Crippen molar-refractivity contribution in [3.05, 3.63) is 102 Å². The van der Waals surface area contributed by atoms with E-state index in [1.165, 1.54) is 11.1 Å². The largest absolute Gasteiger partial charge is 0.496 e. The zero-order valence-electron chi connectivity index (χ0n) is 18.2. The molecule has 4 rings (SSSR count). The monoisotopic (exact) mass is 401 g/mol. The van der Waals surface area contributed by atoms with Gasteiger partial charge in [-0.1, -0.05) is 92.7 Å². The molecule has 0 radical (unpaired) electrons. The highest BCUT2D eigenvalue weighted by atomic mass is 16.5. The summed E-state index contributed by atoms with van der Waals surface area (Å²) in [7, 11) is 3.86. The highest BCUT2D eigenvalue weighted by Gasteiger charge is 2.55.